The number of nitrogens with zero attached hydrogens (tertiary/aromatic N) is 5. The second kappa shape index (κ2) is 7.06. The molecular formula is C18H14N6S. The number of anilines is 1. The molecule has 0 spiro atoms. The number of hydrazone groups is 1. The highest BCUT2D eigenvalue weighted by molar-refractivity contribution is 7.14. The van der Waals surface area contributed by atoms with E-state index in [0.29, 0.717) is 0 Å². The van der Waals surface area contributed by atoms with E-state index in [1.165, 1.54) is 11.3 Å². The number of benzene rings is 2. The first-order valence-corrected chi connectivity index (χ1v) is 8.53. The summed E-state index contributed by atoms with van der Waals surface area (Å²) in [5.74, 6) is 0. The number of aromatic nitrogens is 4. The summed E-state index contributed by atoms with van der Waals surface area (Å²) in [6.07, 6.45) is 5.21. The lowest BCUT2D eigenvalue weighted by atomic mass is 10.2. The lowest BCUT2D eigenvalue weighted by Crippen LogP contribution is -1.95. The van der Waals surface area contributed by atoms with Crippen molar-refractivity contribution in [3.05, 3.63) is 77.9 Å². The Balaban J connectivity index is 1.40. The number of rotatable bonds is 5. The highest BCUT2D eigenvalue weighted by atomic mass is 32.1. The van der Waals surface area contributed by atoms with Crippen molar-refractivity contribution in [2.24, 2.45) is 5.10 Å². The Labute approximate surface area is 148 Å². The third-order valence-electron chi connectivity index (χ3n) is 3.53. The summed E-state index contributed by atoms with van der Waals surface area (Å²) >= 11 is 1.53. The molecule has 0 atom stereocenters. The van der Waals surface area contributed by atoms with Crippen molar-refractivity contribution in [2.75, 3.05) is 5.43 Å². The molecule has 0 fully saturated rings. The molecule has 0 radical (unpaired) electrons. The van der Waals surface area contributed by atoms with Crippen molar-refractivity contribution in [3.8, 4) is 16.9 Å². The van der Waals surface area contributed by atoms with Gasteiger partial charge in [-0.05, 0) is 17.7 Å². The molecule has 0 aliphatic carbocycles. The molecule has 4 aromatic rings. The molecule has 6 nitrogen and oxygen atoms in total. The minimum Gasteiger partial charge on any atom is -0.253 e. The zero-order valence-electron chi connectivity index (χ0n) is 13.1. The molecule has 0 aliphatic heterocycles. The van der Waals surface area contributed by atoms with Crippen LogP contribution in [0, 0.1) is 0 Å². The lowest BCUT2D eigenvalue weighted by molar-refractivity contribution is 0.803. The predicted molar refractivity (Wildman–Crippen MR) is 100 cm³/mol. The first-order valence-electron chi connectivity index (χ1n) is 7.65. The van der Waals surface area contributed by atoms with Gasteiger partial charge in [0.05, 0.1) is 30.0 Å². The number of hydrogen-bond acceptors (Lipinski definition) is 6. The molecular weight excluding hydrogens is 332 g/mol. The number of hydrogen-bond donors (Lipinski definition) is 1. The van der Waals surface area contributed by atoms with Gasteiger partial charge in [0, 0.05) is 10.9 Å². The van der Waals surface area contributed by atoms with Gasteiger partial charge in [0.15, 0.2) is 0 Å². The van der Waals surface area contributed by atoms with Crippen molar-refractivity contribution in [1.29, 1.82) is 0 Å². The fourth-order valence-corrected chi connectivity index (χ4v) is 2.96. The number of nitrogens with one attached hydrogen (secondary N) is 1. The average molecular weight is 346 g/mol. The van der Waals surface area contributed by atoms with Gasteiger partial charge >= 0.3 is 0 Å². The molecule has 2 heterocycles. The fourth-order valence-electron chi connectivity index (χ4n) is 2.29. The molecule has 2 aromatic carbocycles. The molecule has 4 rings (SSSR count). The maximum absolute atomic E-state index is 4.53. The van der Waals surface area contributed by atoms with Crippen LogP contribution in [0.15, 0.2) is 77.5 Å². The van der Waals surface area contributed by atoms with Crippen molar-refractivity contribution < 1.29 is 0 Å². The molecule has 0 bridgehead atoms. The van der Waals surface area contributed by atoms with E-state index in [4.69, 9.17) is 0 Å². The van der Waals surface area contributed by atoms with Gasteiger partial charge in [-0.25, -0.2) is 9.67 Å². The lowest BCUT2D eigenvalue weighted by Gasteiger charge is -2.00. The van der Waals surface area contributed by atoms with E-state index in [-0.39, 0.29) is 0 Å². The zero-order valence-corrected chi connectivity index (χ0v) is 14.0. The van der Waals surface area contributed by atoms with Crippen LogP contribution in [-0.4, -0.2) is 26.2 Å². The molecule has 0 saturated heterocycles. The Morgan fingerprint density at radius 1 is 1.04 bits per heavy atom. The van der Waals surface area contributed by atoms with Crippen molar-refractivity contribution in [3.63, 3.8) is 0 Å². The second-order valence-electron chi connectivity index (χ2n) is 5.21. The van der Waals surface area contributed by atoms with Crippen molar-refractivity contribution in [1.82, 2.24) is 20.0 Å². The van der Waals surface area contributed by atoms with Crippen LogP contribution in [0.25, 0.3) is 16.9 Å². The summed E-state index contributed by atoms with van der Waals surface area (Å²) in [6.45, 7) is 0. The maximum Gasteiger partial charge on any atom is 0.203 e. The molecule has 122 valence electrons. The predicted octanol–water partition coefficient (Wildman–Crippen LogP) is 3.84. The first-order chi connectivity index (χ1) is 12.4. The summed E-state index contributed by atoms with van der Waals surface area (Å²) in [5, 5.41) is 14.8. The highest BCUT2D eigenvalue weighted by Gasteiger charge is 2.02. The monoisotopic (exact) mass is 346 g/mol. The third kappa shape index (κ3) is 3.61. The van der Waals surface area contributed by atoms with Gasteiger partial charge in [-0.3, -0.25) is 5.43 Å². The third-order valence-corrected chi connectivity index (χ3v) is 4.27. The summed E-state index contributed by atoms with van der Waals surface area (Å²) in [4.78, 5) is 4.53. The van der Waals surface area contributed by atoms with E-state index in [1.807, 2.05) is 60.0 Å². The van der Waals surface area contributed by atoms with Gasteiger partial charge in [-0.2, -0.15) is 5.10 Å². The van der Waals surface area contributed by atoms with Gasteiger partial charge in [-0.15, -0.1) is 16.4 Å². The highest BCUT2D eigenvalue weighted by Crippen LogP contribution is 2.24. The minimum absolute atomic E-state index is 0.759. The Hall–Kier alpha value is -3.32. The average Bonchev–Trinajstić information content (AvgIpc) is 3.35. The van der Waals surface area contributed by atoms with Crippen LogP contribution in [0.1, 0.15) is 5.56 Å². The SMILES string of the molecule is C(=NNc1nc(-c2ccccc2)cs1)c1ccc(-n2ccnn2)cc1. The van der Waals surface area contributed by atoms with E-state index in [1.54, 1.807) is 23.3 Å². The number of thiazole rings is 1. The topological polar surface area (TPSA) is 68.0 Å². The molecule has 1 N–H and O–H groups in total. The van der Waals surface area contributed by atoms with E-state index in [0.717, 1.165) is 27.6 Å². The summed E-state index contributed by atoms with van der Waals surface area (Å²) in [6, 6.07) is 18.0. The van der Waals surface area contributed by atoms with E-state index >= 15 is 0 Å². The van der Waals surface area contributed by atoms with Crippen LogP contribution >= 0.6 is 11.3 Å². The Morgan fingerprint density at radius 2 is 1.88 bits per heavy atom. The van der Waals surface area contributed by atoms with Gasteiger partial charge in [0.1, 0.15) is 0 Å². The second-order valence-corrected chi connectivity index (χ2v) is 6.07. The summed E-state index contributed by atoms with van der Waals surface area (Å²) in [5.41, 5.74) is 6.95. The standard InChI is InChI=1S/C18H14N6S/c1-2-4-15(5-3-1)17-13-25-18(21-17)22-20-12-14-6-8-16(9-7-14)24-11-10-19-23-24/h1-13H,(H,21,22). The van der Waals surface area contributed by atoms with E-state index in [2.05, 4.69) is 25.8 Å². The molecule has 0 unspecified atom stereocenters. The Morgan fingerprint density at radius 3 is 2.64 bits per heavy atom. The zero-order chi connectivity index (χ0) is 16.9. The van der Waals surface area contributed by atoms with Crippen LogP contribution in [0.5, 0.6) is 0 Å². The van der Waals surface area contributed by atoms with Gasteiger partial charge in [-0.1, -0.05) is 47.7 Å². The van der Waals surface area contributed by atoms with Crippen LogP contribution in [0.2, 0.25) is 0 Å². The molecule has 25 heavy (non-hydrogen) atoms. The van der Waals surface area contributed by atoms with E-state index < -0.39 is 0 Å². The normalized spacial score (nSPS) is 11.0. The van der Waals surface area contributed by atoms with Crippen LogP contribution in [0.4, 0.5) is 5.13 Å². The molecule has 7 heteroatoms. The summed E-state index contributed by atoms with van der Waals surface area (Å²) in [7, 11) is 0. The largest absolute Gasteiger partial charge is 0.253 e. The summed E-state index contributed by atoms with van der Waals surface area (Å²) < 4.78 is 1.71. The molecule has 0 amide bonds. The van der Waals surface area contributed by atoms with Crippen molar-refractivity contribution in [2.45, 2.75) is 0 Å². The first kappa shape index (κ1) is 15.2. The van der Waals surface area contributed by atoms with Crippen LogP contribution in [-0.2, 0) is 0 Å². The molecule has 2 aromatic heterocycles. The maximum atomic E-state index is 4.53. The van der Waals surface area contributed by atoms with Crippen LogP contribution < -0.4 is 5.43 Å². The van der Waals surface area contributed by atoms with Gasteiger partial charge < -0.3 is 0 Å². The quantitative estimate of drug-likeness (QED) is 0.440. The smallest absolute Gasteiger partial charge is 0.203 e. The van der Waals surface area contributed by atoms with Crippen LogP contribution in [0.3, 0.4) is 0 Å². The Kier molecular flexibility index (Phi) is 4.30. The van der Waals surface area contributed by atoms with Gasteiger partial charge in [0.25, 0.3) is 0 Å². The molecule has 0 saturated carbocycles. The Bertz CT molecular complexity index is 959. The molecule has 0 aliphatic rings. The van der Waals surface area contributed by atoms with Crippen molar-refractivity contribution >= 4 is 22.7 Å². The van der Waals surface area contributed by atoms with E-state index in [9.17, 15) is 0 Å². The fraction of sp³-hybridized carbons (Fsp3) is 0. The minimum atomic E-state index is 0.759. The van der Waals surface area contributed by atoms with Gasteiger partial charge in [0.2, 0.25) is 5.13 Å².